The molecule has 0 atom stereocenters. The van der Waals surface area contributed by atoms with Crippen LogP contribution >= 0.6 is 10.3 Å². The molecule has 28 heavy (non-hydrogen) atoms. The number of ether oxygens (including phenoxy) is 1. The summed E-state index contributed by atoms with van der Waals surface area (Å²) in [6, 6.07) is 14.7. The van der Waals surface area contributed by atoms with Crippen LogP contribution in [-0.2, 0) is 0 Å². The lowest BCUT2D eigenvalue weighted by molar-refractivity contribution is 0.414. The van der Waals surface area contributed by atoms with Crippen molar-refractivity contribution >= 4 is 22.5 Å². The van der Waals surface area contributed by atoms with E-state index in [4.69, 9.17) is 8.92 Å². The quantitative estimate of drug-likeness (QED) is 0.427. The molecule has 154 valence electrons. The second-order valence-electron chi connectivity index (χ2n) is 8.11. The van der Waals surface area contributed by atoms with Crippen molar-refractivity contribution in [1.29, 1.82) is 0 Å². The molecule has 0 saturated heterocycles. The topological polar surface area (TPSA) is 18.5 Å². The molecule has 0 heterocycles. The molecule has 2 aromatic rings. The summed E-state index contributed by atoms with van der Waals surface area (Å²) in [4.78, 5) is 0. The molecule has 0 saturated carbocycles. The Morgan fingerprint density at radius 2 is 1.25 bits per heavy atom. The van der Waals surface area contributed by atoms with Crippen LogP contribution in [0.15, 0.2) is 42.5 Å². The van der Waals surface area contributed by atoms with E-state index in [0.717, 1.165) is 22.6 Å². The van der Waals surface area contributed by atoms with E-state index >= 15 is 0 Å². The van der Waals surface area contributed by atoms with Gasteiger partial charge in [-0.25, -0.2) is 0 Å². The van der Waals surface area contributed by atoms with Gasteiger partial charge < -0.3 is 8.92 Å². The van der Waals surface area contributed by atoms with Gasteiger partial charge in [0, 0.05) is 15.7 Å². The average molecular weight is 401 g/mol. The average Bonchev–Trinajstić information content (AvgIpc) is 2.64. The van der Waals surface area contributed by atoms with Gasteiger partial charge >= 0.3 is 0 Å². The molecule has 2 rings (SSSR count). The fraction of sp³-hybridized carbons (Fsp3) is 0.440. The maximum atomic E-state index is 6.69. The number of aryl methyl sites for hydroxylation is 1. The minimum Gasteiger partial charge on any atom is -0.497 e. The summed E-state index contributed by atoms with van der Waals surface area (Å²) >= 11 is 0. The number of rotatable bonds is 8. The molecule has 0 aliphatic heterocycles. The van der Waals surface area contributed by atoms with Gasteiger partial charge in [-0.1, -0.05) is 82.2 Å². The van der Waals surface area contributed by atoms with Crippen molar-refractivity contribution in [2.75, 3.05) is 7.11 Å². The Morgan fingerprint density at radius 1 is 0.714 bits per heavy atom. The number of methoxy groups -OCH3 is 1. The third kappa shape index (κ3) is 5.14. The lowest BCUT2D eigenvalue weighted by atomic mass is 10.1. The lowest BCUT2D eigenvalue weighted by Crippen LogP contribution is -2.32. The van der Waals surface area contributed by atoms with Gasteiger partial charge in [-0.3, -0.25) is 0 Å². The van der Waals surface area contributed by atoms with Crippen LogP contribution in [0.25, 0.3) is 12.2 Å². The first-order valence-corrected chi connectivity index (χ1v) is 11.9. The van der Waals surface area contributed by atoms with Gasteiger partial charge in [0.2, 0.25) is 0 Å². The zero-order valence-corrected chi connectivity index (χ0v) is 19.5. The number of benzene rings is 2. The predicted octanol–water partition coefficient (Wildman–Crippen LogP) is 7.50. The van der Waals surface area contributed by atoms with E-state index in [1.165, 1.54) is 5.56 Å². The summed E-state index contributed by atoms with van der Waals surface area (Å²) in [6.45, 7) is 15.8. The molecule has 0 spiro atoms. The summed E-state index contributed by atoms with van der Waals surface area (Å²) in [7, 11) is 0.491. The Bertz CT molecular complexity index is 767. The van der Waals surface area contributed by atoms with Crippen LogP contribution in [0, 0.1) is 6.92 Å². The van der Waals surface area contributed by atoms with E-state index in [0.29, 0.717) is 15.7 Å². The van der Waals surface area contributed by atoms with Crippen LogP contribution in [0.4, 0.5) is 0 Å². The van der Waals surface area contributed by atoms with Gasteiger partial charge in [-0.15, -0.1) is 0 Å². The van der Waals surface area contributed by atoms with Gasteiger partial charge in [0.25, 0.3) is 0 Å². The largest absolute Gasteiger partial charge is 0.497 e. The van der Waals surface area contributed by atoms with Crippen LogP contribution in [0.3, 0.4) is 0 Å². The molecule has 0 aliphatic carbocycles. The van der Waals surface area contributed by atoms with E-state index in [1.807, 2.05) is 12.1 Å². The zero-order valence-electron chi connectivity index (χ0n) is 18.7. The van der Waals surface area contributed by atoms with Crippen LogP contribution in [0.2, 0.25) is 0 Å². The molecular formula is C25H36O2S. The fourth-order valence-electron chi connectivity index (χ4n) is 3.91. The maximum Gasteiger partial charge on any atom is 0.134 e. The van der Waals surface area contributed by atoms with Crippen molar-refractivity contribution in [2.24, 2.45) is 0 Å². The minimum atomic E-state index is -1.21. The van der Waals surface area contributed by atoms with Gasteiger partial charge in [0.05, 0.1) is 7.11 Å². The van der Waals surface area contributed by atoms with Crippen LogP contribution in [0.1, 0.15) is 58.2 Å². The third-order valence-corrected chi connectivity index (χ3v) is 10.0. The van der Waals surface area contributed by atoms with Crippen molar-refractivity contribution in [3.63, 3.8) is 0 Å². The zero-order chi connectivity index (χ0) is 20.9. The summed E-state index contributed by atoms with van der Waals surface area (Å²) < 4.78 is 12.1. The highest BCUT2D eigenvalue weighted by molar-refractivity contribution is 8.31. The van der Waals surface area contributed by atoms with Gasteiger partial charge in [-0.05, 0) is 47.9 Å². The molecule has 0 N–H and O–H groups in total. The first-order chi connectivity index (χ1) is 13.2. The highest BCUT2D eigenvalue weighted by Gasteiger charge is 2.37. The Balaban J connectivity index is 2.20. The van der Waals surface area contributed by atoms with Gasteiger partial charge in [0.15, 0.2) is 0 Å². The Labute approximate surface area is 173 Å². The number of hydrogen-bond acceptors (Lipinski definition) is 2. The fourth-order valence-corrected chi connectivity index (χ4v) is 8.19. The Morgan fingerprint density at radius 3 is 1.75 bits per heavy atom. The molecule has 0 radical (unpaired) electrons. The van der Waals surface area contributed by atoms with E-state index in [1.54, 1.807) is 7.11 Å². The molecule has 2 nitrogen and oxygen atoms in total. The lowest BCUT2D eigenvalue weighted by Gasteiger charge is -2.50. The van der Waals surface area contributed by atoms with Crippen molar-refractivity contribution < 1.29 is 8.92 Å². The van der Waals surface area contributed by atoms with Crippen molar-refractivity contribution in [3.8, 4) is 11.5 Å². The molecule has 2 aromatic carbocycles. The smallest absolute Gasteiger partial charge is 0.134 e. The van der Waals surface area contributed by atoms with E-state index in [9.17, 15) is 0 Å². The van der Waals surface area contributed by atoms with E-state index in [2.05, 4.69) is 91.0 Å². The predicted molar refractivity (Wildman–Crippen MR) is 127 cm³/mol. The minimum absolute atomic E-state index is 0.517. The molecule has 0 aromatic heterocycles. The highest BCUT2D eigenvalue weighted by atomic mass is 32.3. The third-order valence-electron chi connectivity index (χ3n) is 5.11. The molecule has 0 aliphatic rings. The van der Waals surface area contributed by atoms with Gasteiger partial charge in [0.1, 0.15) is 11.5 Å². The van der Waals surface area contributed by atoms with Crippen LogP contribution in [-0.4, -0.2) is 22.9 Å². The standard InChI is InChI=1S/C25H36O2S/c1-18(2)28(19(3)4,20(5)6)27-24-13-11-22(12-14-24)9-10-23-15-21(7)16-25(17-23)26-8/h9-20H,1-8H3/b10-9+. The second kappa shape index (κ2) is 9.56. The normalized spacial score (nSPS) is 13.0. The van der Waals surface area contributed by atoms with E-state index in [-0.39, 0.29) is 0 Å². The highest BCUT2D eigenvalue weighted by Crippen LogP contribution is 2.60. The Hall–Kier alpha value is -1.87. The molecular weight excluding hydrogens is 364 g/mol. The van der Waals surface area contributed by atoms with Crippen LogP contribution in [0.5, 0.6) is 11.5 Å². The molecule has 0 amide bonds. The summed E-state index contributed by atoms with van der Waals surface area (Å²) in [5.41, 5.74) is 3.49. The van der Waals surface area contributed by atoms with Crippen molar-refractivity contribution in [3.05, 3.63) is 59.2 Å². The monoisotopic (exact) mass is 400 g/mol. The summed E-state index contributed by atoms with van der Waals surface area (Å²) in [6.07, 6.45) is 4.25. The molecule has 0 bridgehead atoms. The maximum absolute atomic E-state index is 6.69. The van der Waals surface area contributed by atoms with Crippen molar-refractivity contribution in [1.82, 2.24) is 0 Å². The van der Waals surface area contributed by atoms with Crippen molar-refractivity contribution in [2.45, 2.75) is 64.2 Å². The summed E-state index contributed by atoms with van der Waals surface area (Å²) in [5.74, 6) is 1.86. The summed E-state index contributed by atoms with van der Waals surface area (Å²) in [5, 5.41) is 1.55. The van der Waals surface area contributed by atoms with E-state index < -0.39 is 10.3 Å². The first kappa shape index (κ1) is 22.4. The van der Waals surface area contributed by atoms with Crippen LogP contribution < -0.4 is 8.92 Å². The SMILES string of the molecule is COc1cc(C)cc(/C=C/c2ccc(OS(C(C)C)(C(C)C)C(C)C)cc2)c1. The molecule has 0 fully saturated rings. The molecule has 3 heteroatoms. The second-order valence-corrected chi connectivity index (χ2v) is 12.5. The number of hydrogen-bond donors (Lipinski definition) is 0. The first-order valence-electron chi connectivity index (χ1n) is 10.1. The molecule has 0 unspecified atom stereocenters. The van der Waals surface area contributed by atoms with Gasteiger partial charge in [-0.2, -0.15) is 0 Å². The Kier molecular flexibility index (Phi) is 7.65.